The van der Waals surface area contributed by atoms with Gasteiger partial charge in [0.25, 0.3) is 0 Å². The Labute approximate surface area is 124 Å². The molecule has 0 aliphatic carbocycles. The molecule has 1 heterocycles. The van der Waals surface area contributed by atoms with E-state index in [1.807, 2.05) is 43.3 Å². The minimum Gasteiger partial charge on any atom is -0.437 e. The molecule has 0 saturated heterocycles. The molecular weight excluding hydrogens is 318 g/mol. The first kappa shape index (κ1) is 12.9. The van der Waals surface area contributed by atoms with E-state index in [2.05, 4.69) is 25.9 Å². The molecule has 1 aromatic heterocycles. The second kappa shape index (κ2) is 5.09. The van der Waals surface area contributed by atoms with Crippen molar-refractivity contribution in [3.8, 4) is 11.6 Å². The van der Waals surface area contributed by atoms with Crippen LogP contribution in [-0.2, 0) is 0 Å². The van der Waals surface area contributed by atoms with E-state index in [1.165, 1.54) is 0 Å². The molecule has 0 bridgehead atoms. The van der Waals surface area contributed by atoms with Crippen molar-refractivity contribution in [3.05, 3.63) is 52.6 Å². The predicted molar refractivity (Wildman–Crippen MR) is 82.9 cm³/mol. The van der Waals surface area contributed by atoms with Crippen molar-refractivity contribution in [1.29, 1.82) is 0 Å². The van der Waals surface area contributed by atoms with E-state index in [1.54, 1.807) is 6.07 Å². The summed E-state index contributed by atoms with van der Waals surface area (Å²) in [4.78, 5) is 8.97. The van der Waals surface area contributed by atoms with E-state index in [9.17, 15) is 0 Å². The summed E-state index contributed by atoms with van der Waals surface area (Å²) in [5, 5.41) is 0. The van der Waals surface area contributed by atoms with E-state index in [4.69, 9.17) is 10.5 Å². The first-order valence-electron chi connectivity index (χ1n) is 6.09. The van der Waals surface area contributed by atoms with Crippen molar-refractivity contribution < 1.29 is 4.74 Å². The smallest absolute Gasteiger partial charge is 0.241 e. The fourth-order valence-corrected chi connectivity index (χ4v) is 2.41. The minimum atomic E-state index is 0.487. The van der Waals surface area contributed by atoms with E-state index in [0.29, 0.717) is 17.3 Å². The number of aryl methyl sites for hydroxylation is 1. The molecule has 0 fully saturated rings. The molecule has 0 saturated carbocycles. The summed E-state index contributed by atoms with van der Waals surface area (Å²) in [6.45, 7) is 1.87. The Balaban J connectivity index is 2.03. The maximum Gasteiger partial charge on any atom is 0.241 e. The fraction of sp³-hybridized carbons (Fsp3) is 0.0667. The summed E-state index contributed by atoms with van der Waals surface area (Å²) >= 11 is 3.39. The van der Waals surface area contributed by atoms with Crippen LogP contribution in [0.4, 0.5) is 5.69 Å². The number of anilines is 1. The van der Waals surface area contributed by atoms with Gasteiger partial charge in [-0.2, -0.15) is 0 Å². The zero-order valence-corrected chi connectivity index (χ0v) is 12.4. The first-order chi connectivity index (χ1) is 9.61. The highest BCUT2D eigenvalue weighted by Crippen LogP contribution is 2.28. The van der Waals surface area contributed by atoms with Crippen molar-refractivity contribution in [2.45, 2.75) is 6.92 Å². The fourth-order valence-electron chi connectivity index (χ4n) is 1.92. The van der Waals surface area contributed by atoms with Gasteiger partial charge >= 0.3 is 0 Å². The molecule has 3 aromatic rings. The van der Waals surface area contributed by atoms with Crippen LogP contribution in [0.25, 0.3) is 11.0 Å². The largest absolute Gasteiger partial charge is 0.437 e. The summed E-state index contributed by atoms with van der Waals surface area (Å²) in [7, 11) is 0. The summed E-state index contributed by atoms with van der Waals surface area (Å²) in [6, 6.07) is 13.1. The zero-order chi connectivity index (χ0) is 14.1. The second-order valence-corrected chi connectivity index (χ2v) is 5.34. The average molecular weight is 330 g/mol. The van der Waals surface area contributed by atoms with E-state index in [0.717, 1.165) is 21.2 Å². The Morgan fingerprint density at radius 2 is 1.75 bits per heavy atom. The van der Waals surface area contributed by atoms with Crippen LogP contribution < -0.4 is 10.5 Å². The van der Waals surface area contributed by atoms with Gasteiger partial charge in [-0.1, -0.05) is 28.1 Å². The third-order valence-electron chi connectivity index (χ3n) is 2.81. The molecule has 20 heavy (non-hydrogen) atoms. The number of benzene rings is 2. The average Bonchev–Trinajstić information content (AvgIpc) is 2.38. The molecule has 0 amide bonds. The molecule has 2 aromatic carbocycles. The van der Waals surface area contributed by atoms with Gasteiger partial charge in [-0.05, 0) is 31.2 Å². The molecule has 5 heteroatoms. The topological polar surface area (TPSA) is 61.0 Å². The molecule has 0 spiro atoms. The monoisotopic (exact) mass is 329 g/mol. The van der Waals surface area contributed by atoms with E-state index < -0.39 is 0 Å². The lowest BCUT2D eigenvalue weighted by Crippen LogP contribution is -1.96. The van der Waals surface area contributed by atoms with Crippen LogP contribution in [0.5, 0.6) is 11.6 Å². The van der Waals surface area contributed by atoms with Gasteiger partial charge in [0.05, 0.1) is 11.0 Å². The highest BCUT2D eigenvalue weighted by Gasteiger charge is 2.08. The second-order valence-electron chi connectivity index (χ2n) is 4.43. The molecular formula is C15H12BrN3O. The molecule has 2 N–H and O–H groups in total. The molecule has 0 aliphatic heterocycles. The standard InChI is InChI=1S/C15H12BrN3O/c1-9-15(19-14-5-3-2-4-13(14)18-9)20-12-7-10(16)6-11(17)8-12/h2-8H,17H2,1H3. The third kappa shape index (κ3) is 2.58. The van der Waals surface area contributed by atoms with E-state index in [-0.39, 0.29) is 0 Å². The lowest BCUT2D eigenvalue weighted by atomic mass is 10.3. The number of nitrogen functional groups attached to an aromatic ring is 1. The normalized spacial score (nSPS) is 10.7. The number of aromatic nitrogens is 2. The van der Waals surface area contributed by atoms with Crippen LogP contribution in [0.15, 0.2) is 46.9 Å². The summed E-state index contributed by atoms with van der Waals surface area (Å²) in [6.07, 6.45) is 0. The van der Waals surface area contributed by atoms with Crippen molar-refractivity contribution in [2.24, 2.45) is 0 Å². The van der Waals surface area contributed by atoms with Crippen LogP contribution in [0.2, 0.25) is 0 Å². The van der Waals surface area contributed by atoms with Crippen molar-refractivity contribution in [3.63, 3.8) is 0 Å². The minimum absolute atomic E-state index is 0.487. The predicted octanol–water partition coefficient (Wildman–Crippen LogP) is 4.08. The van der Waals surface area contributed by atoms with Gasteiger partial charge in [-0.15, -0.1) is 0 Å². The number of para-hydroxylation sites is 2. The van der Waals surface area contributed by atoms with Crippen molar-refractivity contribution in [1.82, 2.24) is 9.97 Å². The Kier molecular flexibility index (Phi) is 3.28. The van der Waals surface area contributed by atoms with Crippen LogP contribution in [-0.4, -0.2) is 9.97 Å². The SMILES string of the molecule is Cc1nc2ccccc2nc1Oc1cc(N)cc(Br)c1. The van der Waals surface area contributed by atoms with Gasteiger partial charge in [0.2, 0.25) is 5.88 Å². The Morgan fingerprint density at radius 3 is 2.45 bits per heavy atom. The quantitative estimate of drug-likeness (QED) is 0.720. The van der Waals surface area contributed by atoms with Gasteiger partial charge < -0.3 is 10.5 Å². The number of halogens is 1. The van der Waals surface area contributed by atoms with Gasteiger partial charge in [0, 0.05) is 16.2 Å². The summed E-state index contributed by atoms with van der Waals surface area (Å²) < 4.78 is 6.66. The van der Waals surface area contributed by atoms with Gasteiger partial charge in [-0.25, -0.2) is 9.97 Å². The zero-order valence-electron chi connectivity index (χ0n) is 10.8. The van der Waals surface area contributed by atoms with Crippen LogP contribution in [0.3, 0.4) is 0 Å². The number of hydrogen-bond donors (Lipinski definition) is 1. The maximum absolute atomic E-state index is 5.80. The summed E-state index contributed by atoms with van der Waals surface area (Å²) in [5.41, 5.74) is 8.81. The number of fused-ring (bicyclic) bond motifs is 1. The van der Waals surface area contributed by atoms with Gasteiger partial charge in [0.15, 0.2) is 0 Å². The highest BCUT2D eigenvalue weighted by molar-refractivity contribution is 9.10. The molecule has 0 unspecified atom stereocenters. The molecule has 0 atom stereocenters. The first-order valence-corrected chi connectivity index (χ1v) is 6.88. The molecule has 4 nitrogen and oxygen atoms in total. The highest BCUT2D eigenvalue weighted by atomic mass is 79.9. The van der Waals surface area contributed by atoms with Crippen molar-refractivity contribution >= 4 is 32.7 Å². The number of nitrogens with zero attached hydrogens (tertiary/aromatic N) is 2. The summed E-state index contributed by atoms with van der Waals surface area (Å²) in [5.74, 6) is 1.12. The van der Waals surface area contributed by atoms with E-state index >= 15 is 0 Å². The van der Waals surface area contributed by atoms with Gasteiger partial charge in [-0.3, -0.25) is 0 Å². The van der Waals surface area contributed by atoms with Crippen LogP contribution >= 0.6 is 15.9 Å². The van der Waals surface area contributed by atoms with Crippen LogP contribution in [0, 0.1) is 6.92 Å². The number of rotatable bonds is 2. The number of ether oxygens (including phenoxy) is 1. The third-order valence-corrected chi connectivity index (χ3v) is 3.27. The Morgan fingerprint density at radius 1 is 1.05 bits per heavy atom. The molecule has 100 valence electrons. The van der Waals surface area contributed by atoms with Gasteiger partial charge in [0.1, 0.15) is 11.4 Å². The molecule has 0 radical (unpaired) electrons. The van der Waals surface area contributed by atoms with Crippen LogP contribution in [0.1, 0.15) is 5.69 Å². The maximum atomic E-state index is 5.80. The lowest BCUT2D eigenvalue weighted by Gasteiger charge is -2.09. The Hall–Kier alpha value is -2.14. The Bertz CT molecular complexity index is 769. The number of hydrogen-bond acceptors (Lipinski definition) is 4. The molecule has 3 rings (SSSR count). The molecule has 0 aliphatic rings. The van der Waals surface area contributed by atoms with Crippen molar-refractivity contribution in [2.75, 3.05) is 5.73 Å². The number of nitrogens with two attached hydrogens (primary N) is 1. The lowest BCUT2D eigenvalue weighted by molar-refractivity contribution is 0.458.